The van der Waals surface area contributed by atoms with E-state index in [9.17, 15) is 0 Å². The Labute approximate surface area is 96.9 Å². The van der Waals surface area contributed by atoms with Gasteiger partial charge in [-0.05, 0) is 11.6 Å². The molecule has 0 heterocycles. The molecule has 4 nitrogen and oxygen atoms in total. The molecular formula is C11H16O4Si. The normalized spacial score (nSPS) is 11.9. The van der Waals surface area contributed by atoms with Gasteiger partial charge >= 0.3 is 9.05 Å². The highest BCUT2D eigenvalue weighted by Crippen LogP contribution is 2.09. The van der Waals surface area contributed by atoms with Gasteiger partial charge in [0.25, 0.3) is 0 Å². The zero-order chi connectivity index (χ0) is 11.9. The molecule has 0 saturated carbocycles. The third kappa shape index (κ3) is 3.46. The summed E-state index contributed by atoms with van der Waals surface area (Å²) < 4.78 is 20.7. The minimum atomic E-state index is -2.96. The second-order valence-electron chi connectivity index (χ2n) is 2.94. The number of hydrogen-bond acceptors (Lipinski definition) is 4. The molecule has 16 heavy (non-hydrogen) atoms. The van der Waals surface area contributed by atoms with E-state index in [1.165, 1.54) is 27.6 Å². The fraction of sp³-hybridized carbons (Fsp3) is 0.273. The molecule has 0 amide bonds. The van der Waals surface area contributed by atoms with Gasteiger partial charge in [0.2, 0.25) is 0 Å². The van der Waals surface area contributed by atoms with Crippen molar-refractivity contribution in [3.05, 3.63) is 42.2 Å². The molecule has 0 spiro atoms. The molecule has 1 rings (SSSR count). The predicted octanol–water partition coefficient (Wildman–Crippen LogP) is 2.05. The summed E-state index contributed by atoms with van der Waals surface area (Å²) in [7, 11) is 1.53. The molecule has 0 N–H and O–H groups in total. The van der Waals surface area contributed by atoms with Gasteiger partial charge in [-0.15, -0.1) is 0 Å². The number of rotatable bonds is 6. The van der Waals surface area contributed by atoms with Gasteiger partial charge in [-0.3, -0.25) is 0 Å². The highest BCUT2D eigenvalue weighted by Gasteiger charge is 2.43. The lowest BCUT2D eigenvalue weighted by Gasteiger charge is -2.20. The van der Waals surface area contributed by atoms with Crippen LogP contribution < -0.4 is 0 Å². The lowest BCUT2D eigenvalue weighted by Crippen LogP contribution is -2.44. The van der Waals surface area contributed by atoms with Gasteiger partial charge in [0.05, 0.1) is 6.26 Å². The maximum absolute atomic E-state index is 5.37. The summed E-state index contributed by atoms with van der Waals surface area (Å²) in [5, 5.41) is 0. The molecule has 0 radical (unpaired) electrons. The largest absolute Gasteiger partial charge is 0.748 e. The highest BCUT2D eigenvalue weighted by atomic mass is 28.4. The lowest BCUT2D eigenvalue weighted by molar-refractivity contribution is 0.0355. The van der Waals surface area contributed by atoms with Crippen molar-refractivity contribution in [2.45, 2.75) is 0 Å². The molecule has 1 aromatic rings. The average Bonchev–Trinajstić information content (AvgIpc) is 2.37. The summed E-state index contributed by atoms with van der Waals surface area (Å²) in [5.41, 5.74) is 1.04. The molecule has 0 aliphatic carbocycles. The third-order valence-corrected chi connectivity index (χ3v) is 3.95. The maximum atomic E-state index is 5.37. The summed E-state index contributed by atoms with van der Waals surface area (Å²) in [5.74, 6) is 0. The Morgan fingerprint density at radius 2 is 1.50 bits per heavy atom. The SMILES string of the molecule is CO[Si](OC)(OC)OC=Cc1ccccc1. The Morgan fingerprint density at radius 3 is 2.00 bits per heavy atom. The van der Waals surface area contributed by atoms with Crippen molar-refractivity contribution in [2.24, 2.45) is 0 Å². The maximum Gasteiger partial charge on any atom is 0.748 e. The molecule has 0 aromatic heterocycles. The van der Waals surface area contributed by atoms with E-state index in [1.54, 1.807) is 0 Å². The van der Waals surface area contributed by atoms with E-state index in [-0.39, 0.29) is 0 Å². The standard InChI is InChI=1S/C11H16O4Si/c1-12-16(13-2,14-3)15-10-9-11-7-5-4-6-8-11/h4-10H,1-3H3. The van der Waals surface area contributed by atoms with Crippen LogP contribution in [0.2, 0.25) is 0 Å². The topological polar surface area (TPSA) is 36.9 Å². The molecule has 0 aliphatic rings. The van der Waals surface area contributed by atoms with Crippen molar-refractivity contribution in [3.8, 4) is 0 Å². The van der Waals surface area contributed by atoms with Crippen LogP contribution in [0.4, 0.5) is 0 Å². The van der Waals surface area contributed by atoms with Crippen molar-refractivity contribution in [2.75, 3.05) is 21.3 Å². The smallest absolute Gasteiger partial charge is 0.487 e. The molecule has 0 atom stereocenters. The Morgan fingerprint density at radius 1 is 0.938 bits per heavy atom. The van der Waals surface area contributed by atoms with Crippen LogP contribution in [0.25, 0.3) is 6.08 Å². The van der Waals surface area contributed by atoms with E-state index in [4.69, 9.17) is 17.7 Å². The second-order valence-corrected chi connectivity index (χ2v) is 5.40. The van der Waals surface area contributed by atoms with Crippen LogP contribution in [0.15, 0.2) is 36.6 Å². The van der Waals surface area contributed by atoms with Gasteiger partial charge < -0.3 is 17.7 Å². The Bertz CT molecular complexity index is 314. The second kappa shape index (κ2) is 6.44. The summed E-state index contributed by atoms with van der Waals surface area (Å²) in [6.45, 7) is 0. The summed E-state index contributed by atoms with van der Waals surface area (Å²) in [6.07, 6.45) is 3.34. The first-order valence-electron chi connectivity index (χ1n) is 4.81. The molecule has 0 aliphatic heterocycles. The predicted molar refractivity (Wildman–Crippen MR) is 63.3 cm³/mol. The van der Waals surface area contributed by atoms with E-state index >= 15 is 0 Å². The Balaban J connectivity index is 2.59. The van der Waals surface area contributed by atoms with Crippen molar-refractivity contribution in [1.82, 2.24) is 0 Å². The fourth-order valence-corrected chi connectivity index (χ4v) is 2.18. The van der Waals surface area contributed by atoms with Gasteiger partial charge in [-0.1, -0.05) is 30.3 Å². The van der Waals surface area contributed by atoms with E-state index in [0.717, 1.165) is 5.56 Å². The molecular weight excluding hydrogens is 224 g/mol. The number of benzene rings is 1. The summed E-state index contributed by atoms with van der Waals surface area (Å²) in [6, 6.07) is 9.79. The first kappa shape index (κ1) is 12.9. The first-order chi connectivity index (χ1) is 7.76. The van der Waals surface area contributed by atoms with E-state index in [1.807, 2.05) is 36.4 Å². The van der Waals surface area contributed by atoms with Crippen LogP contribution in [-0.4, -0.2) is 30.4 Å². The Hall–Kier alpha value is -1.14. The molecule has 5 heteroatoms. The van der Waals surface area contributed by atoms with Crippen molar-refractivity contribution >= 4 is 15.1 Å². The van der Waals surface area contributed by atoms with Crippen LogP contribution in [0, 0.1) is 0 Å². The molecule has 1 aromatic carbocycles. The van der Waals surface area contributed by atoms with Gasteiger partial charge in [-0.25, -0.2) is 0 Å². The minimum Gasteiger partial charge on any atom is -0.487 e. The van der Waals surface area contributed by atoms with Crippen LogP contribution in [-0.2, 0) is 17.7 Å². The minimum absolute atomic E-state index is 1.04. The van der Waals surface area contributed by atoms with Gasteiger partial charge in [0.1, 0.15) is 0 Å². The van der Waals surface area contributed by atoms with Crippen molar-refractivity contribution < 1.29 is 17.7 Å². The monoisotopic (exact) mass is 240 g/mol. The van der Waals surface area contributed by atoms with E-state index < -0.39 is 9.05 Å². The van der Waals surface area contributed by atoms with Crippen LogP contribution in [0.5, 0.6) is 0 Å². The summed E-state index contributed by atoms with van der Waals surface area (Å²) >= 11 is 0. The van der Waals surface area contributed by atoms with Crippen LogP contribution in [0.3, 0.4) is 0 Å². The molecule has 0 unspecified atom stereocenters. The third-order valence-electron chi connectivity index (χ3n) is 2.02. The van der Waals surface area contributed by atoms with Crippen molar-refractivity contribution in [1.29, 1.82) is 0 Å². The highest BCUT2D eigenvalue weighted by molar-refractivity contribution is 6.53. The van der Waals surface area contributed by atoms with Gasteiger partial charge in [-0.2, -0.15) is 0 Å². The van der Waals surface area contributed by atoms with E-state index in [2.05, 4.69) is 0 Å². The molecule has 0 saturated heterocycles. The fourth-order valence-electron chi connectivity index (χ4n) is 1.15. The quantitative estimate of drug-likeness (QED) is 0.563. The zero-order valence-corrected chi connectivity index (χ0v) is 10.7. The van der Waals surface area contributed by atoms with Crippen LogP contribution in [0.1, 0.15) is 5.56 Å². The number of hydrogen-bond donors (Lipinski definition) is 0. The van der Waals surface area contributed by atoms with E-state index in [0.29, 0.717) is 0 Å². The first-order valence-corrected chi connectivity index (χ1v) is 6.44. The van der Waals surface area contributed by atoms with Crippen LogP contribution >= 0.6 is 0 Å². The van der Waals surface area contributed by atoms with Gasteiger partial charge in [0.15, 0.2) is 0 Å². The zero-order valence-electron chi connectivity index (χ0n) is 9.67. The van der Waals surface area contributed by atoms with Crippen molar-refractivity contribution in [3.63, 3.8) is 0 Å². The Kier molecular flexibility index (Phi) is 5.20. The summed E-state index contributed by atoms with van der Waals surface area (Å²) in [4.78, 5) is 0. The molecule has 0 bridgehead atoms. The average molecular weight is 240 g/mol. The molecule has 88 valence electrons. The molecule has 0 fully saturated rings. The van der Waals surface area contributed by atoms with Gasteiger partial charge in [0, 0.05) is 21.3 Å². The lowest BCUT2D eigenvalue weighted by atomic mass is 10.2.